The lowest BCUT2D eigenvalue weighted by molar-refractivity contribution is -0.275. The zero-order chi connectivity index (χ0) is 29.9. The molecule has 1 heterocycles. The molecule has 0 spiro atoms. The van der Waals surface area contributed by atoms with E-state index in [2.05, 4.69) is 19.8 Å². The molecule has 3 N–H and O–H groups in total. The number of halogens is 6. The van der Waals surface area contributed by atoms with Crippen LogP contribution in [-0.2, 0) is 0 Å². The molecule has 9 nitrogen and oxygen atoms in total. The number of primary amides is 1. The number of hydrogen-bond acceptors (Lipinski definition) is 7. The van der Waals surface area contributed by atoms with Crippen LogP contribution in [0, 0.1) is 0 Å². The number of hydrogen-bond donors (Lipinski definition) is 2. The fourth-order valence-electron chi connectivity index (χ4n) is 2.97. The van der Waals surface area contributed by atoms with Gasteiger partial charge in [-0.15, -0.1) is 26.3 Å². The van der Waals surface area contributed by atoms with Crippen molar-refractivity contribution in [1.29, 1.82) is 0 Å². The quantitative estimate of drug-likeness (QED) is 0.303. The van der Waals surface area contributed by atoms with Crippen LogP contribution >= 0.6 is 0 Å². The molecule has 0 aliphatic carbocycles. The minimum Gasteiger partial charge on any atom is -0.512 e. The van der Waals surface area contributed by atoms with Gasteiger partial charge in [-0.05, 0) is 47.8 Å². The van der Waals surface area contributed by atoms with E-state index in [0.29, 0.717) is 12.1 Å². The van der Waals surface area contributed by atoms with Crippen molar-refractivity contribution in [2.24, 2.45) is 5.73 Å². The summed E-state index contributed by atoms with van der Waals surface area (Å²) in [6.45, 7) is 0. The first-order valence-corrected chi connectivity index (χ1v) is 10.5. The number of nitrogens with zero attached hydrogens (tertiary/aromatic N) is 1. The van der Waals surface area contributed by atoms with Gasteiger partial charge in [0.05, 0.1) is 5.56 Å². The molecule has 3 rings (SSSR count). The second-order valence-electron chi connectivity index (χ2n) is 7.67. The minimum absolute atomic E-state index is 0.0289. The van der Waals surface area contributed by atoms with Crippen LogP contribution in [0.5, 0.6) is 28.7 Å². The summed E-state index contributed by atoms with van der Waals surface area (Å²) in [7, 11) is 16.1. The molecule has 0 saturated carbocycles. The summed E-state index contributed by atoms with van der Waals surface area (Å²) in [6, 6.07) is 7.03. The average molecular weight is 561 g/mol. The topological polar surface area (TPSA) is 122 Å². The van der Waals surface area contributed by atoms with Gasteiger partial charge in [-0.1, -0.05) is 0 Å². The van der Waals surface area contributed by atoms with Gasteiger partial charge in [0.1, 0.15) is 46.5 Å². The molecule has 1 aromatic heterocycles. The highest BCUT2D eigenvalue weighted by molar-refractivity contribution is 6.58. The van der Waals surface area contributed by atoms with E-state index in [0.717, 1.165) is 36.5 Å². The Morgan fingerprint density at radius 1 is 0.775 bits per heavy atom. The third kappa shape index (κ3) is 9.06. The van der Waals surface area contributed by atoms with Crippen molar-refractivity contribution >= 4 is 41.0 Å². The van der Waals surface area contributed by atoms with Crippen molar-refractivity contribution in [1.82, 2.24) is 4.98 Å². The number of ether oxygens (including phenoxy) is 4. The Morgan fingerprint density at radius 3 is 1.90 bits per heavy atom. The van der Waals surface area contributed by atoms with Crippen LogP contribution in [0.3, 0.4) is 0 Å². The Bertz CT molecular complexity index is 1420. The highest BCUT2D eigenvalue weighted by Crippen LogP contribution is 2.39. The van der Waals surface area contributed by atoms with Gasteiger partial charge in [0.2, 0.25) is 0 Å². The monoisotopic (exact) mass is 561 g/mol. The van der Waals surface area contributed by atoms with E-state index >= 15 is 0 Å². The summed E-state index contributed by atoms with van der Waals surface area (Å²) in [5.41, 5.74) is 4.31. The standard InChI is InChI=1S/C22H12B3F6N3O6/c23-20(24,25)40-17-9-12(39-22(29,30)31)2-4-16(17)37-15-3-1-11(38-21(26,27)28)8-13(15)19(36)34-10-5-6-33-14(7-10)18(32)35/h1-9H,(H2,32,35)(H,33,34,36). The SMILES string of the molecule is [B]C([B])([B])Oc1cc(OC(F)(F)F)ccc1Oc1ccc(OC(F)(F)F)cc1C(=O)Nc1ccnc(C(N)=O)c1. The smallest absolute Gasteiger partial charge is 0.512 e. The number of carbonyl (C=O) groups excluding carboxylic acids is 2. The molecular formula is C22H12B3F6N3O6. The van der Waals surface area contributed by atoms with Gasteiger partial charge in [-0.2, -0.15) is 0 Å². The fraction of sp³-hybridized carbons (Fsp3) is 0.136. The molecule has 3 aromatic rings. The van der Waals surface area contributed by atoms with Gasteiger partial charge in [0.15, 0.2) is 11.5 Å². The molecule has 2 amide bonds. The minimum atomic E-state index is -5.13. The Kier molecular flexibility index (Phi) is 8.50. The molecule has 6 radical (unpaired) electrons. The Balaban J connectivity index is 2.04. The third-order valence-corrected chi connectivity index (χ3v) is 4.35. The third-order valence-electron chi connectivity index (χ3n) is 4.35. The van der Waals surface area contributed by atoms with Crippen LogP contribution in [0.4, 0.5) is 32.0 Å². The number of carbonyl (C=O) groups is 2. The van der Waals surface area contributed by atoms with Gasteiger partial charge >= 0.3 is 12.7 Å². The van der Waals surface area contributed by atoms with Crippen molar-refractivity contribution < 1.29 is 54.9 Å². The van der Waals surface area contributed by atoms with Crippen LogP contribution in [0.1, 0.15) is 20.8 Å². The zero-order valence-electron chi connectivity index (χ0n) is 19.7. The molecule has 0 fully saturated rings. The normalized spacial score (nSPS) is 11.8. The van der Waals surface area contributed by atoms with E-state index in [-0.39, 0.29) is 11.4 Å². The first-order chi connectivity index (χ1) is 18.4. The maximum absolute atomic E-state index is 13.0. The molecule has 18 heteroatoms. The molecule has 0 bridgehead atoms. The number of pyridine rings is 1. The Labute approximate surface area is 225 Å². The first-order valence-electron chi connectivity index (χ1n) is 10.5. The summed E-state index contributed by atoms with van der Waals surface area (Å²) in [5.74, 6) is -5.10. The molecule has 40 heavy (non-hydrogen) atoms. The number of anilines is 1. The van der Waals surface area contributed by atoms with Crippen LogP contribution in [0.2, 0.25) is 0 Å². The van der Waals surface area contributed by atoms with Gasteiger partial charge < -0.3 is 30.0 Å². The maximum Gasteiger partial charge on any atom is 0.573 e. The van der Waals surface area contributed by atoms with Gasteiger partial charge in [0.25, 0.3) is 11.8 Å². The van der Waals surface area contributed by atoms with Crippen molar-refractivity contribution in [2.45, 2.75) is 18.0 Å². The first kappa shape index (κ1) is 30.1. The van der Waals surface area contributed by atoms with E-state index < -0.39 is 64.1 Å². The van der Waals surface area contributed by atoms with Crippen molar-refractivity contribution in [3.63, 3.8) is 0 Å². The van der Waals surface area contributed by atoms with E-state index in [1.165, 1.54) is 6.07 Å². The van der Waals surface area contributed by atoms with Gasteiger partial charge in [-0.3, -0.25) is 14.6 Å². The highest BCUT2D eigenvalue weighted by Gasteiger charge is 2.33. The maximum atomic E-state index is 13.0. The number of benzene rings is 2. The molecule has 2 aromatic carbocycles. The second-order valence-corrected chi connectivity index (χ2v) is 7.67. The lowest BCUT2D eigenvalue weighted by atomic mass is 9.52. The van der Waals surface area contributed by atoms with Gasteiger partial charge in [0, 0.05) is 18.0 Å². The fourth-order valence-corrected chi connectivity index (χ4v) is 2.97. The predicted octanol–water partition coefficient (Wildman–Crippen LogP) is 3.52. The Hall–Kier alpha value is -4.50. The number of aromatic nitrogens is 1. The number of amides is 2. The molecular weight excluding hydrogens is 549 g/mol. The second kappa shape index (κ2) is 11.3. The number of rotatable bonds is 9. The largest absolute Gasteiger partial charge is 0.573 e. The summed E-state index contributed by atoms with van der Waals surface area (Å²) in [4.78, 5) is 28.1. The highest BCUT2D eigenvalue weighted by atomic mass is 19.4. The average Bonchev–Trinajstić information content (AvgIpc) is 2.78. The van der Waals surface area contributed by atoms with Crippen LogP contribution in [0.25, 0.3) is 0 Å². The van der Waals surface area contributed by atoms with E-state index in [4.69, 9.17) is 38.7 Å². The molecule has 0 saturated heterocycles. The number of alkyl halides is 6. The lowest BCUT2D eigenvalue weighted by Gasteiger charge is -2.25. The molecule has 0 atom stereocenters. The summed E-state index contributed by atoms with van der Waals surface area (Å²) >= 11 is 0. The lowest BCUT2D eigenvalue weighted by Crippen LogP contribution is -2.37. The van der Waals surface area contributed by atoms with Crippen LogP contribution in [-0.4, -0.2) is 58.4 Å². The van der Waals surface area contributed by atoms with Crippen molar-refractivity contribution in [3.8, 4) is 28.7 Å². The van der Waals surface area contributed by atoms with Crippen molar-refractivity contribution in [3.05, 3.63) is 66.0 Å². The van der Waals surface area contributed by atoms with Gasteiger partial charge in [-0.25, -0.2) is 0 Å². The molecule has 202 valence electrons. The van der Waals surface area contributed by atoms with E-state index in [9.17, 15) is 35.9 Å². The van der Waals surface area contributed by atoms with E-state index in [1.54, 1.807) is 0 Å². The van der Waals surface area contributed by atoms with Crippen LogP contribution < -0.4 is 30.0 Å². The summed E-state index contributed by atoms with van der Waals surface area (Å²) in [6.07, 6.45) is -9.09. The Morgan fingerprint density at radius 2 is 1.35 bits per heavy atom. The molecule has 0 unspecified atom stereocenters. The zero-order valence-corrected chi connectivity index (χ0v) is 19.7. The van der Waals surface area contributed by atoms with Crippen molar-refractivity contribution in [2.75, 3.05) is 5.32 Å². The van der Waals surface area contributed by atoms with E-state index in [1.807, 2.05) is 0 Å². The predicted molar refractivity (Wildman–Crippen MR) is 128 cm³/mol. The number of nitrogens with two attached hydrogens (primary N) is 1. The number of nitrogens with one attached hydrogen (secondary N) is 1. The molecule has 0 aliphatic rings. The molecule has 0 aliphatic heterocycles. The van der Waals surface area contributed by atoms with Crippen LogP contribution in [0.15, 0.2) is 54.7 Å². The summed E-state index contributed by atoms with van der Waals surface area (Å²) < 4.78 is 94.6. The summed E-state index contributed by atoms with van der Waals surface area (Å²) in [5, 5.41) is -0.114.